The van der Waals surface area contributed by atoms with Gasteiger partial charge >= 0.3 is 0 Å². The number of ether oxygens (including phenoxy) is 1. The molecule has 1 aliphatic heterocycles. The zero-order chi connectivity index (χ0) is 17.9. The summed E-state index contributed by atoms with van der Waals surface area (Å²) in [6.45, 7) is 9.32. The molecule has 26 heavy (non-hydrogen) atoms. The summed E-state index contributed by atoms with van der Waals surface area (Å²) in [5.74, 6) is 1.91. The lowest BCUT2D eigenvalue weighted by Crippen LogP contribution is -2.46. The Morgan fingerprint density at radius 1 is 1.15 bits per heavy atom. The van der Waals surface area contributed by atoms with Crippen LogP contribution in [-0.2, 0) is 4.74 Å². The van der Waals surface area contributed by atoms with Crippen molar-refractivity contribution < 1.29 is 4.74 Å². The first-order valence-corrected chi connectivity index (χ1v) is 10.2. The number of hydrogen-bond donors (Lipinski definition) is 2. The summed E-state index contributed by atoms with van der Waals surface area (Å²) in [5.41, 5.74) is 0. The Morgan fingerprint density at radius 3 is 2.46 bits per heavy atom. The minimum absolute atomic E-state index is 0. The summed E-state index contributed by atoms with van der Waals surface area (Å²) >= 11 is 1.86. The van der Waals surface area contributed by atoms with Crippen LogP contribution in [0.4, 0.5) is 0 Å². The molecule has 5 nitrogen and oxygen atoms in total. The Hall–Kier alpha value is -0.510. The third-order valence-electron chi connectivity index (χ3n) is 4.07. The van der Waals surface area contributed by atoms with Gasteiger partial charge in [-0.15, -0.1) is 35.7 Å². The fraction of sp³-hybridized carbons (Fsp3) is 0.632. The maximum absolute atomic E-state index is 5.78. The van der Waals surface area contributed by atoms with Crippen molar-refractivity contribution in [3.63, 3.8) is 0 Å². The molecule has 0 aromatic heterocycles. The van der Waals surface area contributed by atoms with E-state index in [1.165, 1.54) is 4.90 Å². The average Bonchev–Trinajstić information content (AvgIpc) is 2.60. The molecule has 1 aromatic rings. The molecular weight excluding hydrogens is 459 g/mol. The van der Waals surface area contributed by atoms with Crippen molar-refractivity contribution in [3.8, 4) is 0 Å². The van der Waals surface area contributed by atoms with E-state index in [0.717, 1.165) is 50.9 Å². The Balaban J connectivity index is 0.00000338. The molecule has 2 unspecified atom stereocenters. The molecular formula is C19H33IN4OS. The monoisotopic (exact) mass is 492 g/mol. The van der Waals surface area contributed by atoms with Crippen LogP contribution in [0.25, 0.3) is 0 Å². The lowest BCUT2D eigenvalue weighted by atomic mass is 10.2. The first kappa shape index (κ1) is 23.5. The molecule has 1 saturated heterocycles. The molecule has 2 atom stereocenters. The molecule has 0 aliphatic carbocycles. The van der Waals surface area contributed by atoms with Gasteiger partial charge in [0.15, 0.2) is 5.96 Å². The van der Waals surface area contributed by atoms with Gasteiger partial charge in [-0.3, -0.25) is 9.89 Å². The molecule has 1 heterocycles. The fourth-order valence-electron chi connectivity index (χ4n) is 3.05. The smallest absolute Gasteiger partial charge is 0.191 e. The molecule has 148 valence electrons. The predicted octanol–water partition coefficient (Wildman–Crippen LogP) is 3.06. The van der Waals surface area contributed by atoms with Crippen LogP contribution in [0.15, 0.2) is 40.2 Å². The molecule has 1 fully saturated rings. The number of aliphatic imine (C=N–C) groups is 1. The van der Waals surface area contributed by atoms with E-state index in [0.29, 0.717) is 12.2 Å². The van der Waals surface area contributed by atoms with Crippen LogP contribution in [-0.4, -0.2) is 68.6 Å². The quantitative estimate of drug-likeness (QED) is 0.192. The van der Waals surface area contributed by atoms with Gasteiger partial charge < -0.3 is 15.4 Å². The SMILES string of the molecule is CN=C(NCCCN1CC(C)OC(C)C1)NCCSc1ccccc1.I. The number of benzene rings is 1. The van der Waals surface area contributed by atoms with Gasteiger partial charge in [-0.05, 0) is 32.4 Å². The van der Waals surface area contributed by atoms with Gasteiger partial charge in [0.2, 0.25) is 0 Å². The molecule has 2 N–H and O–H groups in total. The van der Waals surface area contributed by atoms with E-state index in [-0.39, 0.29) is 24.0 Å². The standard InChI is InChI=1S/C19H32N4OS.HI/c1-16-14-23(15-17(2)24-16)12-7-10-21-19(20-3)22-11-13-25-18-8-5-4-6-9-18;/h4-6,8-9,16-17H,7,10-15H2,1-3H3,(H2,20,21,22);1H. The number of rotatable bonds is 8. The van der Waals surface area contributed by atoms with Gasteiger partial charge in [-0.1, -0.05) is 18.2 Å². The Labute approximate surface area is 179 Å². The van der Waals surface area contributed by atoms with E-state index in [2.05, 4.69) is 58.6 Å². The van der Waals surface area contributed by atoms with Crippen LogP contribution in [0.1, 0.15) is 20.3 Å². The third-order valence-corrected chi connectivity index (χ3v) is 5.08. The van der Waals surface area contributed by atoms with E-state index in [1.807, 2.05) is 24.9 Å². The third kappa shape index (κ3) is 9.43. The van der Waals surface area contributed by atoms with Crippen LogP contribution >= 0.6 is 35.7 Å². The molecule has 0 bridgehead atoms. The molecule has 1 aromatic carbocycles. The Morgan fingerprint density at radius 2 is 1.81 bits per heavy atom. The van der Waals surface area contributed by atoms with Crippen LogP contribution < -0.4 is 10.6 Å². The van der Waals surface area contributed by atoms with Gasteiger partial charge in [-0.25, -0.2) is 0 Å². The summed E-state index contributed by atoms with van der Waals surface area (Å²) in [5, 5.41) is 6.78. The lowest BCUT2D eigenvalue weighted by molar-refractivity contribution is -0.0679. The summed E-state index contributed by atoms with van der Waals surface area (Å²) in [6.07, 6.45) is 1.79. The zero-order valence-electron chi connectivity index (χ0n) is 16.1. The van der Waals surface area contributed by atoms with E-state index in [9.17, 15) is 0 Å². The second-order valence-electron chi connectivity index (χ2n) is 6.46. The highest BCUT2D eigenvalue weighted by molar-refractivity contribution is 14.0. The number of nitrogens with one attached hydrogen (secondary N) is 2. The summed E-state index contributed by atoms with van der Waals surface area (Å²) < 4.78 is 5.78. The molecule has 7 heteroatoms. The van der Waals surface area contributed by atoms with Gasteiger partial charge in [0.25, 0.3) is 0 Å². The molecule has 1 aliphatic rings. The zero-order valence-corrected chi connectivity index (χ0v) is 19.3. The summed E-state index contributed by atoms with van der Waals surface area (Å²) in [4.78, 5) is 8.09. The molecule has 0 radical (unpaired) electrons. The Bertz CT molecular complexity index is 508. The van der Waals surface area contributed by atoms with Crippen LogP contribution in [0.2, 0.25) is 0 Å². The summed E-state index contributed by atoms with van der Waals surface area (Å²) in [6, 6.07) is 10.5. The topological polar surface area (TPSA) is 48.9 Å². The van der Waals surface area contributed by atoms with E-state index in [4.69, 9.17) is 4.74 Å². The van der Waals surface area contributed by atoms with Crippen LogP contribution in [0.3, 0.4) is 0 Å². The van der Waals surface area contributed by atoms with E-state index >= 15 is 0 Å². The van der Waals surface area contributed by atoms with Crippen molar-refractivity contribution in [3.05, 3.63) is 30.3 Å². The van der Waals surface area contributed by atoms with E-state index < -0.39 is 0 Å². The minimum atomic E-state index is 0. The highest BCUT2D eigenvalue weighted by Gasteiger charge is 2.21. The lowest BCUT2D eigenvalue weighted by Gasteiger charge is -2.35. The molecule has 2 rings (SSSR count). The van der Waals surface area contributed by atoms with Crippen LogP contribution in [0.5, 0.6) is 0 Å². The van der Waals surface area contributed by atoms with Crippen molar-refractivity contribution in [2.24, 2.45) is 4.99 Å². The van der Waals surface area contributed by atoms with Gasteiger partial charge in [0.05, 0.1) is 12.2 Å². The number of thioether (sulfide) groups is 1. The highest BCUT2D eigenvalue weighted by atomic mass is 127. The predicted molar refractivity (Wildman–Crippen MR) is 123 cm³/mol. The maximum Gasteiger partial charge on any atom is 0.191 e. The van der Waals surface area contributed by atoms with Crippen molar-refractivity contribution in [1.29, 1.82) is 0 Å². The summed E-state index contributed by atoms with van der Waals surface area (Å²) in [7, 11) is 1.82. The van der Waals surface area contributed by atoms with E-state index in [1.54, 1.807) is 0 Å². The second-order valence-corrected chi connectivity index (χ2v) is 7.63. The van der Waals surface area contributed by atoms with Crippen molar-refractivity contribution in [1.82, 2.24) is 15.5 Å². The highest BCUT2D eigenvalue weighted by Crippen LogP contribution is 2.15. The number of guanidine groups is 1. The van der Waals surface area contributed by atoms with Crippen molar-refractivity contribution in [2.45, 2.75) is 37.4 Å². The number of hydrogen-bond acceptors (Lipinski definition) is 4. The minimum Gasteiger partial charge on any atom is -0.373 e. The van der Waals surface area contributed by atoms with Gasteiger partial charge in [0, 0.05) is 50.4 Å². The Kier molecular flexibility index (Phi) is 12.3. The first-order valence-electron chi connectivity index (χ1n) is 9.17. The van der Waals surface area contributed by atoms with Gasteiger partial charge in [0.1, 0.15) is 0 Å². The fourth-order valence-corrected chi connectivity index (χ4v) is 3.84. The van der Waals surface area contributed by atoms with Gasteiger partial charge in [-0.2, -0.15) is 0 Å². The largest absolute Gasteiger partial charge is 0.373 e. The van der Waals surface area contributed by atoms with Crippen molar-refractivity contribution in [2.75, 3.05) is 45.5 Å². The van der Waals surface area contributed by atoms with Crippen molar-refractivity contribution >= 4 is 41.7 Å². The number of halogens is 1. The molecule has 0 amide bonds. The second kappa shape index (κ2) is 13.6. The number of nitrogens with zero attached hydrogens (tertiary/aromatic N) is 2. The number of morpholine rings is 1. The van der Waals surface area contributed by atoms with Crippen LogP contribution in [0, 0.1) is 0 Å². The molecule has 0 saturated carbocycles. The maximum atomic E-state index is 5.78. The molecule has 0 spiro atoms. The normalized spacial score (nSPS) is 21.1. The average molecular weight is 492 g/mol. The first-order chi connectivity index (χ1) is 12.2.